The monoisotopic (exact) mass is 358 g/mol. The Labute approximate surface area is 142 Å². The summed E-state index contributed by atoms with van der Waals surface area (Å²) in [5.74, 6) is -0.252. The normalized spacial score (nSPS) is 27.2. The van der Waals surface area contributed by atoms with Gasteiger partial charge in [-0.15, -0.1) is 0 Å². The smallest absolute Gasteiger partial charge is 0.211 e. The van der Waals surface area contributed by atoms with Crippen LogP contribution >= 0.6 is 0 Å². The number of sulfonamides is 1. The fourth-order valence-electron chi connectivity index (χ4n) is 3.24. The molecule has 1 atom stereocenters. The van der Waals surface area contributed by atoms with Gasteiger partial charge in [0.25, 0.3) is 0 Å². The summed E-state index contributed by atoms with van der Waals surface area (Å²) >= 11 is 0. The van der Waals surface area contributed by atoms with E-state index in [4.69, 9.17) is 9.47 Å². The number of hydrogen-bond acceptors (Lipinski definition) is 5. The van der Waals surface area contributed by atoms with E-state index in [1.54, 1.807) is 12.1 Å². The van der Waals surface area contributed by atoms with Crippen molar-refractivity contribution in [3.63, 3.8) is 0 Å². The Morgan fingerprint density at radius 2 is 1.92 bits per heavy atom. The minimum absolute atomic E-state index is 0.252. The zero-order valence-electron chi connectivity index (χ0n) is 13.8. The van der Waals surface area contributed by atoms with Crippen LogP contribution in [0, 0.1) is 5.82 Å². The first kappa shape index (κ1) is 17.8. The topological polar surface area (TPSA) is 59.1 Å². The number of benzene rings is 1. The Morgan fingerprint density at radius 1 is 1.17 bits per heavy atom. The lowest BCUT2D eigenvalue weighted by Gasteiger charge is -2.43. The molecule has 0 amide bonds. The highest BCUT2D eigenvalue weighted by atomic mass is 32.2. The quantitative estimate of drug-likeness (QED) is 0.796. The van der Waals surface area contributed by atoms with Gasteiger partial charge in [-0.1, -0.05) is 12.1 Å². The van der Waals surface area contributed by atoms with E-state index in [0.29, 0.717) is 46.0 Å². The lowest BCUT2D eigenvalue weighted by molar-refractivity contribution is -0.139. The van der Waals surface area contributed by atoms with Crippen LogP contribution < -0.4 is 0 Å². The van der Waals surface area contributed by atoms with Crippen LogP contribution in [-0.4, -0.2) is 75.5 Å². The van der Waals surface area contributed by atoms with Gasteiger partial charge in [-0.05, 0) is 17.7 Å². The molecule has 1 spiro atoms. The van der Waals surface area contributed by atoms with Crippen LogP contribution in [0.15, 0.2) is 24.3 Å². The molecule has 0 aliphatic carbocycles. The van der Waals surface area contributed by atoms with E-state index >= 15 is 0 Å². The first-order chi connectivity index (χ1) is 11.4. The van der Waals surface area contributed by atoms with Crippen LogP contribution in [0.5, 0.6) is 0 Å². The van der Waals surface area contributed by atoms with Crippen molar-refractivity contribution in [2.24, 2.45) is 0 Å². The average molecular weight is 358 g/mol. The van der Waals surface area contributed by atoms with Gasteiger partial charge in [0.05, 0.1) is 26.1 Å². The highest BCUT2D eigenvalue weighted by molar-refractivity contribution is 7.88. The summed E-state index contributed by atoms with van der Waals surface area (Å²) < 4.78 is 49.9. The third kappa shape index (κ3) is 4.31. The van der Waals surface area contributed by atoms with Crippen LogP contribution in [0.1, 0.15) is 5.56 Å². The second kappa shape index (κ2) is 7.05. The maximum atomic E-state index is 13.0. The molecule has 1 aromatic carbocycles. The molecule has 1 aromatic rings. The zero-order chi connectivity index (χ0) is 17.2. The highest BCUT2D eigenvalue weighted by Gasteiger charge is 2.42. The van der Waals surface area contributed by atoms with Crippen LogP contribution in [-0.2, 0) is 26.0 Å². The molecular weight excluding hydrogens is 335 g/mol. The van der Waals surface area contributed by atoms with E-state index in [1.165, 1.54) is 22.7 Å². The second-order valence-corrected chi connectivity index (χ2v) is 8.50. The SMILES string of the molecule is CS(=O)(=O)N1CCOC[C@@]2(CN(Cc3ccc(F)cc3)CCO2)C1. The molecule has 0 bridgehead atoms. The Morgan fingerprint density at radius 3 is 2.62 bits per heavy atom. The fraction of sp³-hybridized carbons (Fsp3) is 0.625. The van der Waals surface area contributed by atoms with Crippen molar-refractivity contribution >= 4 is 10.0 Å². The van der Waals surface area contributed by atoms with E-state index < -0.39 is 15.6 Å². The van der Waals surface area contributed by atoms with Gasteiger partial charge in [0.15, 0.2) is 0 Å². The third-order valence-electron chi connectivity index (χ3n) is 4.43. The molecule has 2 fully saturated rings. The van der Waals surface area contributed by atoms with Gasteiger partial charge in [0.2, 0.25) is 10.0 Å². The minimum atomic E-state index is -3.29. The Hall–Kier alpha value is -1.06. The molecule has 0 aromatic heterocycles. The molecule has 2 aliphatic rings. The van der Waals surface area contributed by atoms with Gasteiger partial charge in [0.1, 0.15) is 11.4 Å². The summed E-state index contributed by atoms with van der Waals surface area (Å²) in [6.45, 7) is 3.91. The molecule has 24 heavy (non-hydrogen) atoms. The molecule has 6 nitrogen and oxygen atoms in total. The lowest BCUT2D eigenvalue weighted by Crippen LogP contribution is -2.58. The maximum absolute atomic E-state index is 13.0. The summed E-state index contributed by atoms with van der Waals surface area (Å²) in [7, 11) is -3.29. The number of ether oxygens (including phenoxy) is 2. The van der Waals surface area contributed by atoms with Gasteiger partial charge >= 0.3 is 0 Å². The van der Waals surface area contributed by atoms with E-state index in [9.17, 15) is 12.8 Å². The minimum Gasteiger partial charge on any atom is -0.377 e. The van der Waals surface area contributed by atoms with E-state index in [-0.39, 0.29) is 5.82 Å². The fourth-order valence-corrected chi connectivity index (χ4v) is 4.12. The Balaban J connectivity index is 1.72. The van der Waals surface area contributed by atoms with Crippen molar-refractivity contribution in [3.8, 4) is 0 Å². The van der Waals surface area contributed by atoms with E-state index in [1.807, 2.05) is 0 Å². The first-order valence-electron chi connectivity index (χ1n) is 8.00. The molecule has 0 radical (unpaired) electrons. The number of hydrogen-bond donors (Lipinski definition) is 0. The van der Waals surface area contributed by atoms with Gasteiger partial charge in [-0.25, -0.2) is 12.8 Å². The largest absolute Gasteiger partial charge is 0.377 e. The molecule has 3 rings (SSSR count). The van der Waals surface area contributed by atoms with E-state index in [2.05, 4.69) is 4.90 Å². The van der Waals surface area contributed by atoms with Gasteiger partial charge in [-0.2, -0.15) is 4.31 Å². The van der Waals surface area contributed by atoms with Crippen molar-refractivity contribution in [2.75, 3.05) is 52.3 Å². The van der Waals surface area contributed by atoms with Crippen LogP contribution in [0.2, 0.25) is 0 Å². The molecule has 2 aliphatic heterocycles. The van der Waals surface area contributed by atoms with Crippen molar-refractivity contribution < 1.29 is 22.3 Å². The van der Waals surface area contributed by atoms with Crippen LogP contribution in [0.3, 0.4) is 0 Å². The van der Waals surface area contributed by atoms with Crippen molar-refractivity contribution in [1.82, 2.24) is 9.21 Å². The lowest BCUT2D eigenvalue weighted by atomic mass is 10.0. The van der Waals surface area contributed by atoms with Crippen LogP contribution in [0.4, 0.5) is 4.39 Å². The van der Waals surface area contributed by atoms with E-state index in [0.717, 1.165) is 12.1 Å². The number of nitrogens with zero attached hydrogens (tertiary/aromatic N) is 2. The molecule has 134 valence electrons. The predicted molar refractivity (Wildman–Crippen MR) is 87.6 cm³/mol. The number of morpholine rings is 1. The van der Waals surface area contributed by atoms with Gasteiger partial charge in [-0.3, -0.25) is 4.90 Å². The van der Waals surface area contributed by atoms with Gasteiger partial charge in [0, 0.05) is 32.7 Å². The molecular formula is C16H23FN2O4S. The zero-order valence-corrected chi connectivity index (χ0v) is 14.6. The standard InChI is InChI=1S/C16H23FN2O4S/c1-24(20,21)19-7-8-22-13-16(12-19)11-18(6-9-23-16)10-14-2-4-15(17)5-3-14/h2-5H,6-13H2,1H3/t16-/m1/s1. The second-order valence-electron chi connectivity index (χ2n) is 6.52. The molecule has 2 heterocycles. The summed E-state index contributed by atoms with van der Waals surface area (Å²) in [5.41, 5.74) is 0.362. The molecule has 0 unspecified atom stereocenters. The predicted octanol–water partition coefficient (Wildman–Crippen LogP) is 0.688. The summed E-state index contributed by atoms with van der Waals surface area (Å²) in [5, 5.41) is 0. The van der Waals surface area contributed by atoms with Crippen LogP contribution in [0.25, 0.3) is 0 Å². The molecule has 0 N–H and O–H groups in total. The highest BCUT2D eigenvalue weighted by Crippen LogP contribution is 2.25. The Bertz CT molecular complexity index is 667. The van der Waals surface area contributed by atoms with Crippen molar-refractivity contribution in [2.45, 2.75) is 12.1 Å². The van der Waals surface area contributed by atoms with Crippen molar-refractivity contribution in [1.29, 1.82) is 0 Å². The average Bonchev–Trinajstić information content (AvgIpc) is 2.72. The molecule has 0 saturated carbocycles. The first-order valence-corrected chi connectivity index (χ1v) is 9.85. The summed E-state index contributed by atoms with van der Waals surface area (Å²) in [4.78, 5) is 2.20. The summed E-state index contributed by atoms with van der Waals surface area (Å²) in [6, 6.07) is 6.44. The summed E-state index contributed by atoms with van der Waals surface area (Å²) in [6.07, 6.45) is 1.21. The van der Waals surface area contributed by atoms with Crippen molar-refractivity contribution in [3.05, 3.63) is 35.6 Å². The maximum Gasteiger partial charge on any atom is 0.211 e. The molecule has 2 saturated heterocycles. The number of halogens is 1. The number of rotatable bonds is 3. The molecule has 8 heteroatoms. The Kier molecular flexibility index (Phi) is 5.22. The third-order valence-corrected chi connectivity index (χ3v) is 5.68. The van der Waals surface area contributed by atoms with Gasteiger partial charge < -0.3 is 9.47 Å².